The minimum atomic E-state index is -0.246. The van der Waals surface area contributed by atoms with Crippen molar-refractivity contribution in [2.24, 2.45) is 5.73 Å². The topological polar surface area (TPSA) is 44.5 Å². The van der Waals surface area contributed by atoms with Crippen LogP contribution in [0.15, 0.2) is 18.2 Å². The van der Waals surface area contributed by atoms with Gasteiger partial charge in [0.05, 0.1) is 13.2 Å². The number of fused-ring (bicyclic) bond motifs is 1. The maximum absolute atomic E-state index is 6.14. The number of hydrogen-bond donors (Lipinski definition) is 1. The third-order valence-electron chi connectivity index (χ3n) is 3.21. The predicted octanol–water partition coefficient (Wildman–Crippen LogP) is 1.92. The number of hydrogen-bond acceptors (Lipinski definition) is 3. The molecule has 1 atom stereocenters. The first-order valence-electron chi connectivity index (χ1n) is 6.13. The van der Waals surface area contributed by atoms with Crippen molar-refractivity contribution >= 4 is 0 Å². The molecule has 1 heterocycles. The van der Waals surface area contributed by atoms with Gasteiger partial charge in [-0.05, 0) is 37.0 Å². The molecule has 0 aliphatic carbocycles. The first kappa shape index (κ1) is 12.4. The molecule has 0 saturated carbocycles. The molecule has 0 bridgehead atoms. The van der Waals surface area contributed by atoms with Gasteiger partial charge in [-0.15, -0.1) is 0 Å². The average molecular weight is 235 g/mol. The van der Waals surface area contributed by atoms with E-state index in [2.05, 4.69) is 18.2 Å². The van der Waals surface area contributed by atoms with E-state index in [1.807, 2.05) is 6.92 Å². The van der Waals surface area contributed by atoms with E-state index in [-0.39, 0.29) is 5.54 Å². The molecule has 1 aromatic rings. The van der Waals surface area contributed by atoms with Crippen LogP contribution in [0.3, 0.4) is 0 Å². The van der Waals surface area contributed by atoms with Crippen LogP contribution in [0.5, 0.6) is 5.75 Å². The Morgan fingerprint density at radius 2 is 2.29 bits per heavy atom. The van der Waals surface area contributed by atoms with Crippen LogP contribution in [0.1, 0.15) is 24.5 Å². The van der Waals surface area contributed by atoms with Crippen LogP contribution in [0, 0.1) is 0 Å². The van der Waals surface area contributed by atoms with Gasteiger partial charge < -0.3 is 15.2 Å². The first-order chi connectivity index (χ1) is 8.11. The van der Waals surface area contributed by atoms with E-state index in [1.54, 1.807) is 7.11 Å². The van der Waals surface area contributed by atoms with Crippen molar-refractivity contribution in [2.75, 3.05) is 20.3 Å². The Morgan fingerprint density at radius 3 is 3.06 bits per heavy atom. The Bertz CT molecular complexity index is 388. The molecule has 1 aliphatic heterocycles. The van der Waals surface area contributed by atoms with E-state index < -0.39 is 0 Å². The summed E-state index contributed by atoms with van der Waals surface area (Å²) in [6.45, 7) is 3.45. The highest BCUT2D eigenvalue weighted by Crippen LogP contribution is 2.26. The maximum Gasteiger partial charge on any atom is 0.122 e. The smallest absolute Gasteiger partial charge is 0.122 e. The van der Waals surface area contributed by atoms with E-state index in [0.717, 1.165) is 31.6 Å². The van der Waals surface area contributed by atoms with Gasteiger partial charge in [0.1, 0.15) is 5.75 Å². The van der Waals surface area contributed by atoms with E-state index in [1.165, 1.54) is 11.1 Å². The standard InChI is InChI=1S/C14H21NO2/c1-14(15,10-16-2)7-5-11-3-4-13-12(9-11)6-8-17-13/h3-4,9H,5-8,10,15H2,1-2H3. The van der Waals surface area contributed by atoms with Crippen molar-refractivity contribution in [3.05, 3.63) is 29.3 Å². The second-order valence-corrected chi connectivity index (χ2v) is 5.13. The Labute approximate surface area is 103 Å². The van der Waals surface area contributed by atoms with Crippen molar-refractivity contribution in [2.45, 2.75) is 31.7 Å². The Kier molecular flexibility index (Phi) is 3.69. The molecule has 2 N–H and O–H groups in total. The molecule has 0 spiro atoms. The summed E-state index contributed by atoms with van der Waals surface area (Å²) in [6.07, 6.45) is 2.95. The monoisotopic (exact) mass is 235 g/mol. The molecule has 1 aliphatic rings. The minimum Gasteiger partial charge on any atom is -0.493 e. The molecule has 1 unspecified atom stereocenters. The predicted molar refractivity (Wildman–Crippen MR) is 68.4 cm³/mol. The summed E-state index contributed by atoms with van der Waals surface area (Å²) < 4.78 is 10.6. The highest BCUT2D eigenvalue weighted by atomic mass is 16.5. The van der Waals surface area contributed by atoms with E-state index in [4.69, 9.17) is 15.2 Å². The summed E-state index contributed by atoms with van der Waals surface area (Å²) in [5, 5.41) is 0. The Morgan fingerprint density at radius 1 is 1.47 bits per heavy atom. The maximum atomic E-state index is 6.14. The molecule has 0 aromatic heterocycles. The summed E-state index contributed by atoms with van der Waals surface area (Å²) >= 11 is 0. The molecule has 3 heteroatoms. The molecule has 1 aromatic carbocycles. The first-order valence-corrected chi connectivity index (χ1v) is 6.13. The summed E-state index contributed by atoms with van der Waals surface area (Å²) in [5.74, 6) is 1.04. The molecule has 17 heavy (non-hydrogen) atoms. The lowest BCUT2D eigenvalue weighted by Gasteiger charge is -2.23. The molecule has 0 saturated heterocycles. The van der Waals surface area contributed by atoms with Gasteiger partial charge in [-0.25, -0.2) is 0 Å². The van der Waals surface area contributed by atoms with Gasteiger partial charge in [-0.2, -0.15) is 0 Å². The van der Waals surface area contributed by atoms with Crippen molar-refractivity contribution in [1.82, 2.24) is 0 Å². The molecule has 94 valence electrons. The van der Waals surface area contributed by atoms with Crippen LogP contribution in [0.4, 0.5) is 0 Å². The third kappa shape index (κ3) is 3.20. The Hall–Kier alpha value is -1.06. The van der Waals surface area contributed by atoms with Gasteiger partial charge in [-0.1, -0.05) is 12.1 Å². The van der Waals surface area contributed by atoms with Crippen LogP contribution >= 0.6 is 0 Å². The van der Waals surface area contributed by atoms with E-state index >= 15 is 0 Å². The normalized spacial score (nSPS) is 17.4. The zero-order valence-electron chi connectivity index (χ0n) is 10.7. The summed E-state index contributed by atoms with van der Waals surface area (Å²) in [5.41, 5.74) is 8.55. The molecule has 3 nitrogen and oxygen atoms in total. The quantitative estimate of drug-likeness (QED) is 0.848. The largest absolute Gasteiger partial charge is 0.493 e. The van der Waals surface area contributed by atoms with Crippen molar-refractivity contribution in [3.8, 4) is 5.75 Å². The van der Waals surface area contributed by atoms with Crippen LogP contribution < -0.4 is 10.5 Å². The fraction of sp³-hybridized carbons (Fsp3) is 0.571. The van der Waals surface area contributed by atoms with Gasteiger partial charge in [0.15, 0.2) is 0 Å². The number of rotatable bonds is 5. The summed E-state index contributed by atoms with van der Waals surface area (Å²) in [4.78, 5) is 0. The molecular formula is C14H21NO2. The summed E-state index contributed by atoms with van der Waals surface area (Å²) in [6, 6.07) is 6.44. The lowest BCUT2D eigenvalue weighted by molar-refractivity contribution is 0.136. The fourth-order valence-corrected chi connectivity index (χ4v) is 2.23. The lowest BCUT2D eigenvalue weighted by Crippen LogP contribution is -2.41. The SMILES string of the molecule is COCC(C)(N)CCc1ccc2c(c1)CCO2. The second-order valence-electron chi connectivity index (χ2n) is 5.13. The number of methoxy groups -OCH3 is 1. The van der Waals surface area contributed by atoms with Gasteiger partial charge in [0.2, 0.25) is 0 Å². The minimum absolute atomic E-state index is 0.246. The Balaban J connectivity index is 1.95. The van der Waals surface area contributed by atoms with Gasteiger partial charge in [0, 0.05) is 19.1 Å². The van der Waals surface area contributed by atoms with Crippen LogP contribution in [0.2, 0.25) is 0 Å². The van der Waals surface area contributed by atoms with E-state index in [0.29, 0.717) is 6.61 Å². The fourth-order valence-electron chi connectivity index (χ4n) is 2.23. The second kappa shape index (κ2) is 5.07. The van der Waals surface area contributed by atoms with E-state index in [9.17, 15) is 0 Å². The van der Waals surface area contributed by atoms with Crippen molar-refractivity contribution < 1.29 is 9.47 Å². The highest BCUT2D eigenvalue weighted by molar-refractivity contribution is 5.39. The number of benzene rings is 1. The summed E-state index contributed by atoms with van der Waals surface area (Å²) in [7, 11) is 1.69. The number of nitrogens with two attached hydrogens (primary N) is 1. The van der Waals surface area contributed by atoms with Gasteiger partial charge in [-0.3, -0.25) is 0 Å². The van der Waals surface area contributed by atoms with Gasteiger partial charge >= 0.3 is 0 Å². The van der Waals surface area contributed by atoms with Crippen molar-refractivity contribution in [3.63, 3.8) is 0 Å². The molecular weight excluding hydrogens is 214 g/mol. The average Bonchev–Trinajstić information content (AvgIpc) is 2.73. The van der Waals surface area contributed by atoms with Crippen LogP contribution in [-0.4, -0.2) is 25.9 Å². The molecule has 0 fully saturated rings. The highest BCUT2D eigenvalue weighted by Gasteiger charge is 2.18. The zero-order chi connectivity index (χ0) is 12.3. The lowest BCUT2D eigenvalue weighted by atomic mass is 9.94. The van der Waals surface area contributed by atoms with Crippen LogP contribution in [0.25, 0.3) is 0 Å². The van der Waals surface area contributed by atoms with Gasteiger partial charge in [0.25, 0.3) is 0 Å². The molecule has 0 amide bonds. The van der Waals surface area contributed by atoms with Crippen molar-refractivity contribution in [1.29, 1.82) is 0 Å². The molecule has 0 radical (unpaired) electrons. The number of aryl methyl sites for hydroxylation is 1. The third-order valence-corrected chi connectivity index (χ3v) is 3.21. The number of ether oxygens (including phenoxy) is 2. The molecule has 2 rings (SSSR count). The van der Waals surface area contributed by atoms with Crippen LogP contribution in [-0.2, 0) is 17.6 Å². The zero-order valence-corrected chi connectivity index (χ0v) is 10.7.